The normalized spacial score (nSPS) is 10.9. The molecule has 148 valence electrons. The molecule has 0 aromatic rings. The molecule has 1 N–H and O–H groups in total. The molecule has 0 aliphatic carbocycles. The Morgan fingerprint density at radius 1 is 0.560 bits per heavy atom. The molecule has 0 aromatic carbocycles. The van der Waals surface area contributed by atoms with Gasteiger partial charge in [0.25, 0.3) is 0 Å². The molecular formula is C22H42O3. The van der Waals surface area contributed by atoms with Crippen LogP contribution in [0.25, 0.3) is 0 Å². The molecule has 0 fully saturated rings. The van der Waals surface area contributed by atoms with Crippen LogP contribution in [-0.4, -0.2) is 16.9 Å². The highest BCUT2D eigenvalue weighted by Gasteiger charge is 2.06. The van der Waals surface area contributed by atoms with Gasteiger partial charge in [-0.15, -0.1) is 0 Å². The molecule has 0 aromatic heterocycles. The van der Waals surface area contributed by atoms with Gasteiger partial charge in [-0.1, -0.05) is 110 Å². The third-order valence-corrected chi connectivity index (χ3v) is 4.91. The van der Waals surface area contributed by atoms with Gasteiger partial charge in [0, 0.05) is 6.42 Å². The van der Waals surface area contributed by atoms with E-state index in [-0.39, 0.29) is 12.2 Å². The molecule has 0 spiro atoms. The van der Waals surface area contributed by atoms with Crippen molar-refractivity contribution in [1.29, 1.82) is 0 Å². The zero-order chi connectivity index (χ0) is 18.6. The van der Waals surface area contributed by atoms with Crippen molar-refractivity contribution in [3.8, 4) is 0 Å². The smallest absolute Gasteiger partial charge is 0.310 e. The van der Waals surface area contributed by atoms with Crippen molar-refractivity contribution >= 4 is 11.8 Å². The Balaban J connectivity index is 3.07. The van der Waals surface area contributed by atoms with Crippen molar-refractivity contribution in [3.63, 3.8) is 0 Å². The molecule has 0 amide bonds. The minimum absolute atomic E-state index is 0.131. The third kappa shape index (κ3) is 21.1. The molecule has 0 saturated heterocycles. The maximum atomic E-state index is 11.2. The predicted molar refractivity (Wildman–Crippen MR) is 106 cm³/mol. The maximum absolute atomic E-state index is 11.2. The third-order valence-electron chi connectivity index (χ3n) is 4.91. The maximum Gasteiger partial charge on any atom is 0.310 e. The number of carbonyl (C=O) groups is 2. The first kappa shape index (κ1) is 24.1. The highest BCUT2D eigenvalue weighted by atomic mass is 16.4. The first-order valence-electron chi connectivity index (χ1n) is 10.9. The van der Waals surface area contributed by atoms with E-state index in [0.29, 0.717) is 6.42 Å². The second-order valence-corrected chi connectivity index (χ2v) is 7.52. The van der Waals surface area contributed by atoms with Crippen molar-refractivity contribution < 1.29 is 14.7 Å². The van der Waals surface area contributed by atoms with Gasteiger partial charge in [-0.2, -0.15) is 0 Å². The first-order valence-corrected chi connectivity index (χ1v) is 10.9. The van der Waals surface area contributed by atoms with Gasteiger partial charge in [0.1, 0.15) is 12.2 Å². The van der Waals surface area contributed by atoms with Gasteiger partial charge in [-0.05, 0) is 6.42 Å². The molecule has 3 heteroatoms. The second kappa shape index (κ2) is 19.5. The van der Waals surface area contributed by atoms with Crippen molar-refractivity contribution in [2.24, 2.45) is 0 Å². The molecule has 0 unspecified atom stereocenters. The zero-order valence-electron chi connectivity index (χ0n) is 16.7. The summed E-state index contributed by atoms with van der Waals surface area (Å²) in [5.41, 5.74) is 0. The lowest BCUT2D eigenvalue weighted by atomic mass is 10.0. The molecule has 0 radical (unpaired) electrons. The highest BCUT2D eigenvalue weighted by molar-refractivity contribution is 5.94. The molecule has 0 heterocycles. The number of ketones is 1. The van der Waals surface area contributed by atoms with E-state index in [1.54, 1.807) is 0 Å². The van der Waals surface area contributed by atoms with E-state index in [1.807, 2.05) is 0 Å². The Labute approximate surface area is 156 Å². The Morgan fingerprint density at radius 2 is 0.880 bits per heavy atom. The Bertz CT molecular complexity index is 312. The topological polar surface area (TPSA) is 54.4 Å². The molecule has 3 nitrogen and oxygen atoms in total. The van der Waals surface area contributed by atoms with E-state index in [4.69, 9.17) is 5.11 Å². The summed E-state index contributed by atoms with van der Waals surface area (Å²) >= 11 is 0. The number of carbonyl (C=O) groups excluding carboxylic acids is 1. The summed E-state index contributed by atoms with van der Waals surface area (Å²) in [6.07, 6.45) is 22.6. The molecule has 0 aliphatic heterocycles. The number of carboxylic acid groups (broad SMARTS) is 1. The molecule has 0 bridgehead atoms. The lowest BCUT2D eigenvalue weighted by Crippen LogP contribution is -2.05. The van der Waals surface area contributed by atoms with Gasteiger partial charge in [0.2, 0.25) is 0 Å². The fraction of sp³-hybridized carbons (Fsp3) is 0.909. The van der Waals surface area contributed by atoms with Crippen LogP contribution in [0, 0.1) is 0 Å². The van der Waals surface area contributed by atoms with Crippen LogP contribution in [0.3, 0.4) is 0 Å². The van der Waals surface area contributed by atoms with Gasteiger partial charge in [-0.3, -0.25) is 9.59 Å². The molecule has 0 atom stereocenters. The summed E-state index contributed by atoms with van der Waals surface area (Å²) < 4.78 is 0. The lowest BCUT2D eigenvalue weighted by molar-refractivity contribution is -0.140. The van der Waals surface area contributed by atoms with Crippen molar-refractivity contribution in [1.82, 2.24) is 0 Å². The van der Waals surface area contributed by atoms with E-state index < -0.39 is 5.97 Å². The quantitative estimate of drug-likeness (QED) is 0.188. The van der Waals surface area contributed by atoms with Crippen LogP contribution in [0.4, 0.5) is 0 Å². The highest BCUT2D eigenvalue weighted by Crippen LogP contribution is 2.14. The molecule has 25 heavy (non-hydrogen) atoms. The fourth-order valence-electron chi connectivity index (χ4n) is 3.30. The SMILES string of the molecule is CCCCCCCCCCCCCCCCCCCC(=O)CC(=O)O. The van der Waals surface area contributed by atoms with Crippen LogP contribution in [0.15, 0.2) is 0 Å². The van der Waals surface area contributed by atoms with Gasteiger partial charge in [0.05, 0.1) is 0 Å². The van der Waals surface area contributed by atoms with Crippen LogP contribution in [-0.2, 0) is 9.59 Å². The largest absolute Gasteiger partial charge is 0.481 e. The minimum atomic E-state index is -1.00. The van der Waals surface area contributed by atoms with Crippen molar-refractivity contribution in [3.05, 3.63) is 0 Å². The fourth-order valence-corrected chi connectivity index (χ4v) is 3.30. The number of rotatable bonds is 20. The van der Waals surface area contributed by atoms with Crippen LogP contribution in [0.1, 0.15) is 129 Å². The van der Waals surface area contributed by atoms with Gasteiger partial charge in [-0.25, -0.2) is 0 Å². The summed E-state index contributed by atoms with van der Waals surface area (Å²) in [4.78, 5) is 21.6. The first-order chi connectivity index (χ1) is 12.2. The average Bonchev–Trinajstić information content (AvgIpc) is 2.57. The van der Waals surface area contributed by atoms with E-state index in [9.17, 15) is 9.59 Å². The number of hydrogen-bond donors (Lipinski definition) is 1. The Hall–Kier alpha value is -0.860. The van der Waals surface area contributed by atoms with Crippen LogP contribution in [0.5, 0.6) is 0 Å². The minimum Gasteiger partial charge on any atom is -0.481 e. The summed E-state index contributed by atoms with van der Waals surface area (Å²) in [7, 11) is 0. The van der Waals surface area contributed by atoms with Crippen LogP contribution < -0.4 is 0 Å². The Kier molecular flexibility index (Phi) is 18.8. The van der Waals surface area contributed by atoms with E-state index in [2.05, 4.69) is 6.92 Å². The molecule has 0 saturated carbocycles. The van der Waals surface area contributed by atoms with Gasteiger partial charge in [0.15, 0.2) is 0 Å². The second-order valence-electron chi connectivity index (χ2n) is 7.52. The lowest BCUT2D eigenvalue weighted by Gasteiger charge is -2.03. The summed E-state index contributed by atoms with van der Waals surface area (Å²) in [6.45, 7) is 2.27. The number of hydrogen-bond acceptors (Lipinski definition) is 2. The van der Waals surface area contributed by atoms with Gasteiger partial charge < -0.3 is 5.11 Å². The van der Waals surface area contributed by atoms with Crippen molar-refractivity contribution in [2.75, 3.05) is 0 Å². The molecule has 0 aliphatic rings. The van der Waals surface area contributed by atoms with E-state index in [0.717, 1.165) is 12.8 Å². The van der Waals surface area contributed by atoms with Crippen molar-refractivity contribution in [2.45, 2.75) is 129 Å². The zero-order valence-corrected chi connectivity index (χ0v) is 16.7. The van der Waals surface area contributed by atoms with Gasteiger partial charge >= 0.3 is 5.97 Å². The van der Waals surface area contributed by atoms with Crippen LogP contribution in [0.2, 0.25) is 0 Å². The number of unbranched alkanes of at least 4 members (excludes halogenated alkanes) is 16. The summed E-state index contributed by atoms with van der Waals surface area (Å²) in [5, 5.41) is 8.51. The number of carboxylic acids is 1. The number of aliphatic carboxylic acids is 1. The molecular weight excluding hydrogens is 312 g/mol. The molecule has 0 rings (SSSR count). The predicted octanol–water partition coefficient (Wildman–Crippen LogP) is 7.07. The van der Waals surface area contributed by atoms with Crippen LogP contribution >= 0.6 is 0 Å². The van der Waals surface area contributed by atoms with E-state index in [1.165, 1.54) is 96.3 Å². The standard InChI is InChI=1S/C22H42O3/c1-2-3-4-5-6-7-8-9-10-11-12-13-14-15-16-17-18-19-21(23)20-22(24)25/h2-20H2,1H3,(H,24,25). The van der Waals surface area contributed by atoms with E-state index >= 15 is 0 Å². The number of Topliss-reactive ketones (excluding diaryl/α,β-unsaturated/α-hetero) is 1. The summed E-state index contributed by atoms with van der Waals surface area (Å²) in [6, 6.07) is 0. The Morgan fingerprint density at radius 3 is 1.20 bits per heavy atom. The monoisotopic (exact) mass is 354 g/mol. The summed E-state index contributed by atoms with van der Waals surface area (Å²) in [5.74, 6) is -1.13. The average molecular weight is 355 g/mol.